The molecule has 2 rings (SSSR count). The first kappa shape index (κ1) is 30.1. The minimum absolute atomic E-state index is 0.103. The molecule has 0 saturated heterocycles. The lowest BCUT2D eigenvalue weighted by Crippen LogP contribution is -2.52. The number of aliphatic hydroxyl groups is 2. The van der Waals surface area contributed by atoms with Crippen molar-refractivity contribution in [1.29, 1.82) is 0 Å². The maximum atomic E-state index is 13.1. The molecule has 0 bridgehead atoms. The molecular weight excluding hydrogens is 440 g/mol. The summed E-state index contributed by atoms with van der Waals surface area (Å²) in [4.78, 5) is 27.4. The van der Waals surface area contributed by atoms with Gasteiger partial charge >= 0.3 is 0 Å². The van der Waals surface area contributed by atoms with Gasteiger partial charge in [-0.1, -0.05) is 85.0 Å². The number of nitrogens with zero attached hydrogens (tertiary/aromatic N) is 1. The van der Waals surface area contributed by atoms with Gasteiger partial charge in [-0.25, -0.2) is 0 Å². The van der Waals surface area contributed by atoms with Crippen LogP contribution in [-0.2, 0) is 9.59 Å². The van der Waals surface area contributed by atoms with Crippen molar-refractivity contribution < 1.29 is 19.8 Å². The molecule has 2 aliphatic carbocycles. The predicted octanol–water partition coefficient (Wildman–Crippen LogP) is 5.05. The van der Waals surface area contributed by atoms with Gasteiger partial charge in [-0.3, -0.25) is 9.59 Å². The van der Waals surface area contributed by atoms with E-state index >= 15 is 0 Å². The lowest BCUT2D eigenvalue weighted by molar-refractivity contribution is -0.133. The maximum Gasteiger partial charge on any atom is 0.224 e. The van der Waals surface area contributed by atoms with Crippen LogP contribution in [0.1, 0.15) is 117 Å². The molecule has 2 aliphatic rings. The Morgan fingerprint density at radius 3 is 2.06 bits per heavy atom. The number of hydrogen-bond acceptors (Lipinski definition) is 4. The van der Waals surface area contributed by atoms with E-state index in [9.17, 15) is 19.8 Å². The van der Waals surface area contributed by atoms with Crippen molar-refractivity contribution in [2.75, 3.05) is 13.6 Å². The van der Waals surface area contributed by atoms with Crippen LogP contribution in [0.5, 0.6) is 0 Å². The minimum atomic E-state index is -0.977. The summed E-state index contributed by atoms with van der Waals surface area (Å²) < 4.78 is 0. The molecule has 0 aromatic heterocycles. The van der Waals surface area contributed by atoms with Crippen molar-refractivity contribution in [3.05, 3.63) is 0 Å². The molecule has 6 nitrogen and oxygen atoms in total. The molecule has 0 heterocycles. The number of carbonyl (C=O) groups excluding carboxylic acids is 2. The van der Waals surface area contributed by atoms with Gasteiger partial charge in [-0.15, -0.1) is 0 Å². The van der Waals surface area contributed by atoms with E-state index in [0.29, 0.717) is 31.7 Å². The van der Waals surface area contributed by atoms with Crippen molar-refractivity contribution >= 4 is 11.8 Å². The van der Waals surface area contributed by atoms with E-state index < -0.39 is 18.2 Å². The maximum absolute atomic E-state index is 13.1. The summed E-state index contributed by atoms with van der Waals surface area (Å²) in [6, 6.07) is -0.460. The number of hydrogen-bond donors (Lipinski definition) is 3. The third kappa shape index (κ3) is 11.2. The average Bonchev–Trinajstić information content (AvgIpc) is 2.83. The Kier molecular flexibility index (Phi) is 13.6. The number of rotatable bonds is 14. The van der Waals surface area contributed by atoms with Crippen LogP contribution in [0.4, 0.5) is 0 Å². The molecule has 4 atom stereocenters. The van der Waals surface area contributed by atoms with Gasteiger partial charge in [0.1, 0.15) is 6.10 Å². The second-order valence-electron chi connectivity index (χ2n) is 12.1. The fraction of sp³-hybridized carbons (Fsp3) is 0.931. The highest BCUT2D eigenvalue weighted by Gasteiger charge is 2.32. The van der Waals surface area contributed by atoms with Crippen LogP contribution in [0.15, 0.2) is 0 Å². The van der Waals surface area contributed by atoms with E-state index in [1.165, 1.54) is 51.4 Å². The van der Waals surface area contributed by atoms with Crippen molar-refractivity contribution in [3.63, 3.8) is 0 Å². The number of nitrogens with one attached hydrogen (secondary N) is 1. The summed E-state index contributed by atoms with van der Waals surface area (Å²) in [6.45, 7) is 6.26. The fourth-order valence-electron chi connectivity index (χ4n) is 6.09. The summed E-state index contributed by atoms with van der Waals surface area (Å²) >= 11 is 0. The summed E-state index contributed by atoms with van der Waals surface area (Å²) in [7, 11) is 1.79. The minimum Gasteiger partial charge on any atom is -0.390 e. The lowest BCUT2D eigenvalue weighted by Gasteiger charge is -2.33. The fourth-order valence-corrected chi connectivity index (χ4v) is 6.09. The summed E-state index contributed by atoms with van der Waals surface area (Å²) in [6.07, 6.45) is 14.5. The number of amides is 2. The van der Waals surface area contributed by atoms with E-state index in [0.717, 1.165) is 31.6 Å². The topological polar surface area (TPSA) is 89.9 Å². The number of aliphatic hydroxyl groups excluding tert-OH is 2. The highest BCUT2D eigenvalue weighted by atomic mass is 16.3. The molecule has 2 saturated carbocycles. The first-order valence-corrected chi connectivity index (χ1v) is 14.6. The Labute approximate surface area is 214 Å². The van der Waals surface area contributed by atoms with Gasteiger partial charge in [0, 0.05) is 20.0 Å². The molecule has 0 aromatic rings. The number of carbonyl (C=O) groups is 2. The van der Waals surface area contributed by atoms with Gasteiger partial charge in [0.2, 0.25) is 11.8 Å². The Bertz CT molecular complexity index is 614. The molecule has 35 heavy (non-hydrogen) atoms. The van der Waals surface area contributed by atoms with E-state index in [1.807, 2.05) is 20.8 Å². The first-order chi connectivity index (χ1) is 16.7. The standard InChI is InChI=1S/C29H54N2O4/c1-21(2)18-26(32)28(34)25(19-24-14-9-6-10-15-24)30-29(35)22(3)20-31(4)27(33)17-11-16-23-12-7-5-8-13-23/h21-26,28,32,34H,5-20H2,1-4H3,(H,30,35)/t22-,25+,26-,28+/m0/s1. The van der Waals surface area contributed by atoms with Gasteiger partial charge < -0.3 is 20.4 Å². The monoisotopic (exact) mass is 494 g/mol. The molecule has 0 spiro atoms. The molecule has 2 amide bonds. The quantitative estimate of drug-likeness (QED) is 0.315. The van der Waals surface area contributed by atoms with Crippen LogP contribution < -0.4 is 5.32 Å². The van der Waals surface area contributed by atoms with E-state index in [4.69, 9.17) is 0 Å². The zero-order valence-electron chi connectivity index (χ0n) is 23.0. The average molecular weight is 495 g/mol. The van der Waals surface area contributed by atoms with E-state index in [1.54, 1.807) is 11.9 Å². The van der Waals surface area contributed by atoms with Crippen LogP contribution in [0.2, 0.25) is 0 Å². The third-order valence-corrected chi connectivity index (χ3v) is 8.31. The normalized spacial score (nSPS) is 21.3. The van der Waals surface area contributed by atoms with E-state index in [-0.39, 0.29) is 23.7 Å². The van der Waals surface area contributed by atoms with Gasteiger partial charge in [-0.05, 0) is 43.4 Å². The smallest absolute Gasteiger partial charge is 0.224 e. The zero-order valence-corrected chi connectivity index (χ0v) is 23.0. The van der Waals surface area contributed by atoms with Crippen molar-refractivity contribution in [2.24, 2.45) is 23.7 Å². The third-order valence-electron chi connectivity index (χ3n) is 8.31. The molecule has 2 fully saturated rings. The van der Waals surface area contributed by atoms with Gasteiger partial charge in [0.15, 0.2) is 0 Å². The van der Waals surface area contributed by atoms with Crippen molar-refractivity contribution in [1.82, 2.24) is 10.2 Å². The van der Waals surface area contributed by atoms with Crippen LogP contribution >= 0.6 is 0 Å². The van der Waals surface area contributed by atoms with Gasteiger partial charge in [0.05, 0.1) is 18.1 Å². The Morgan fingerprint density at radius 1 is 0.914 bits per heavy atom. The Balaban J connectivity index is 1.84. The molecule has 0 radical (unpaired) electrons. The molecule has 6 heteroatoms. The lowest BCUT2D eigenvalue weighted by atomic mass is 9.82. The van der Waals surface area contributed by atoms with Crippen molar-refractivity contribution in [2.45, 2.75) is 135 Å². The second kappa shape index (κ2) is 15.9. The SMILES string of the molecule is CC(C)C[C@H](O)[C@H](O)[C@@H](CC1CCCCC1)NC(=O)[C@@H](C)CN(C)C(=O)CCCC1CCCCC1. The summed E-state index contributed by atoms with van der Waals surface area (Å²) in [5.74, 6) is 1.10. The summed E-state index contributed by atoms with van der Waals surface area (Å²) in [5, 5.41) is 24.6. The second-order valence-corrected chi connectivity index (χ2v) is 12.1. The largest absolute Gasteiger partial charge is 0.390 e. The molecule has 3 N–H and O–H groups in total. The molecular formula is C29H54N2O4. The van der Waals surface area contributed by atoms with Crippen LogP contribution in [0.25, 0.3) is 0 Å². The molecule has 204 valence electrons. The molecule has 0 aromatic carbocycles. The van der Waals surface area contributed by atoms with Crippen LogP contribution in [-0.4, -0.2) is 58.8 Å². The predicted molar refractivity (Wildman–Crippen MR) is 142 cm³/mol. The summed E-state index contributed by atoms with van der Waals surface area (Å²) in [5.41, 5.74) is 0. The molecule has 0 unspecified atom stereocenters. The van der Waals surface area contributed by atoms with E-state index in [2.05, 4.69) is 5.32 Å². The van der Waals surface area contributed by atoms with Crippen LogP contribution in [0.3, 0.4) is 0 Å². The van der Waals surface area contributed by atoms with Crippen molar-refractivity contribution in [3.8, 4) is 0 Å². The Morgan fingerprint density at radius 2 is 1.49 bits per heavy atom. The van der Waals surface area contributed by atoms with Crippen LogP contribution in [0, 0.1) is 23.7 Å². The highest BCUT2D eigenvalue weighted by molar-refractivity contribution is 5.80. The molecule has 0 aliphatic heterocycles. The Hall–Kier alpha value is -1.14. The first-order valence-electron chi connectivity index (χ1n) is 14.6. The van der Waals surface area contributed by atoms with Gasteiger partial charge in [-0.2, -0.15) is 0 Å². The highest BCUT2D eigenvalue weighted by Crippen LogP contribution is 2.29. The van der Waals surface area contributed by atoms with Gasteiger partial charge in [0.25, 0.3) is 0 Å². The zero-order chi connectivity index (χ0) is 25.8.